The lowest BCUT2D eigenvalue weighted by Gasteiger charge is -2.19. The largest absolute Gasteiger partial charge is 0.394 e. The molecule has 0 heterocycles. The first kappa shape index (κ1) is 13.2. The van der Waals surface area contributed by atoms with Crippen LogP contribution in [0.25, 0.3) is 0 Å². The summed E-state index contributed by atoms with van der Waals surface area (Å²) in [6, 6.07) is 6.97. The monoisotopic (exact) mass is 285 g/mol. The number of rotatable bonds is 4. The minimum atomic E-state index is -0.202. The Morgan fingerprint density at radius 1 is 1.50 bits per heavy atom. The fourth-order valence-corrected chi connectivity index (χ4v) is 1.70. The molecule has 88 valence electrons. The van der Waals surface area contributed by atoms with E-state index in [0.717, 1.165) is 4.47 Å². The van der Waals surface area contributed by atoms with E-state index in [4.69, 9.17) is 5.11 Å². The molecular weight excluding hydrogens is 270 g/mol. The van der Waals surface area contributed by atoms with Gasteiger partial charge >= 0.3 is 0 Å². The van der Waals surface area contributed by atoms with Crippen molar-refractivity contribution in [2.75, 3.05) is 6.61 Å². The van der Waals surface area contributed by atoms with Gasteiger partial charge in [0.05, 0.1) is 12.6 Å². The number of amides is 1. The highest BCUT2D eigenvalue weighted by Gasteiger charge is 2.15. The molecule has 1 aromatic rings. The molecule has 0 spiro atoms. The average molecular weight is 286 g/mol. The number of carbonyl (C=O) groups is 1. The lowest BCUT2D eigenvalue weighted by Crippen LogP contribution is -2.41. The SMILES string of the molecule is CC(C)C(CO)NC(=O)c1cccc(Br)c1. The summed E-state index contributed by atoms with van der Waals surface area (Å²) < 4.78 is 0.866. The number of aliphatic hydroxyl groups is 1. The van der Waals surface area contributed by atoms with E-state index in [1.807, 2.05) is 26.0 Å². The van der Waals surface area contributed by atoms with Crippen LogP contribution in [-0.4, -0.2) is 23.7 Å². The van der Waals surface area contributed by atoms with E-state index < -0.39 is 0 Å². The molecule has 0 aliphatic carbocycles. The maximum atomic E-state index is 11.8. The van der Waals surface area contributed by atoms with E-state index in [9.17, 15) is 4.79 Å². The van der Waals surface area contributed by atoms with Gasteiger partial charge in [0.2, 0.25) is 0 Å². The van der Waals surface area contributed by atoms with Gasteiger partial charge in [-0.15, -0.1) is 0 Å². The van der Waals surface area contributed by atoms with Crippen molar-refractivity contribution < 1.29 is 9.90 Å². The van der Waals surface area contributed by atoms with Gasteiger partial charge in [0.1, 0.15) is 0 Å². The molecule has 1 aromatic carbocycles. The first-order chi connectivity index (χ1) is 7.54. The van der Waals surface area contributed by atoms with Crippen LogP contribution < -0.4 is 5.32 Å². The van der Waals surface area contributed by atoms with Crippen molar-refractivity contribution >= 4 is 21.8 Å². The number of benzene rings is 1. The Kier molecular flexibility index (Phi) is 4.96. The summed E-state index contributed by atoms with van der Waals surface area (Å²) in [6.45, 7) is 3.88. The van der Waals surface area contributed by atoms with Gasteiger partial charge in [0.15, 0.2) is 0 Å². The molecule has 0 aliphatic heterocycles. The number of aliphatic hydroxyl groups excluding tert-OH is 1. The lowest BCUT2D eigenvalue weighted by molar-refractivity contribution is 0.0897. The molecule has 0 aliphatic rings. The van der Waals surface area contributed by atoms with Gasteiger partial charge in [-0.2, -0.15) is 0 Å². The minimum absolute atomic E-state index is 0.0442. The van der Waals surface area contributed by atoms with Crippen molar-refractivity contribution in [3.05, 3.63) is 34.3 Å². The molecule has 1 amide bonds. The molecule has 0 saturated heterocycles. The highest BCUT2D eigenvalue weighted by atomic mass is 79.9. The number of hydrogen-bond acceptors (Lipinski definition) is 2. The molecule has 1 atom stereocenters. The van der Waals surface area contributed by atoms with Crippen LogP contribution in [0.5, 0.6) is 0 Å². The molecule has 0 fully saturated rings. The zero-order valence-corrected chi connectivity index (χ0v) is 11.0. The van der Waals surface area contributed by atoms with Gasteiger partial charge in [-0.1, -0.05) is 35.8 Å². The third-order valence-corrected chi connectivity index (χ3v) is 2.90. The summed E-state index contributed by atoms with van der Waals surface area (Å²) in [5.41, 5.74) is 0.591. The standard InChI is InChI=1S/C12H16BrNO2/c1-8(2)11(7-15)14-12(16)9-4-3-5-10(13)6-9/h3-6,8,11,15H,7H2,1-2H3,(H,14,16). The number of carbonyl (C=O) groups excluding carboxylic acids is 1. The molecule has 4 heteroatoms. The summed E-state index contributed by atoms with van der Waals surface area (Å²) in [6.07, 6.45) is 0. The van der Waals surface area contributed by atoms with Crippen LogP contribution in [0.4, 0.5) is 0 Å². The van der Waals surface area contributed by atoms with E-state index in [0.29, 0.717) is 5.56 Å². The molecule has 1 unspecified atom stereocenters. The normalized spacial score (nSPS) is 12.6. The number of nitrogens with one attached hydrogen (secondary N) is 1. The second-order valence-electron chi connectivity index (χ2n) is 4.02. The molecule has 0 bridgehead atoms. The summed E-state index contributed by atoms with van der Waals surface area (Å²) in [5.74, 6) is 0.0511. The molecular formula is C12H16BrNO2. The highest BCUT2D eigenvalue weighted by Crippen LogP contribution is 2.12. The number of halogens is 1. The number of hydrogen-bond donors (Lipinski definition) is 2. The fraction of sp³-hybridized carbons (Fsp3) is 0.417. The van der Waals surface area contributed by atoms with Gasteiger partial charge in [0, 0.05) is 10.0 Å². The summed E-state index contributed by atoms with van der Waals surface area (Å²) >= 11 is 3.31. The Morgan fingerprint density at radius 3 is 2.69 bits per heavy atom. The molecule has 16 heavy (non-hydrogen) atoms. The van der Waals surface area contributed by atoms with Gasteiger partial charge in [-0.05, 0) is 24.1 Å². The maximum Gasteiger partial charge on any atom is 0.251 e. The maximum absolute atomic E-state index is 11.8. The Morgan fingerprint density at radius 2 is 2.19 bits per heavy atom. The van der Waals surface area contributed by atoms with Gasteiger partial charge in [0.25, 0.3) is 5.91 Å². The average Bonchev–Trinajstić information content (AvgIpc) is 2.25. The first-order valence-electron chi connectivity index (χ1n) is 5.22. The quantitative estimate of drug-likeness (QED) is 0.891. The van der Waals surface area contributed by atoms with Crippen LogP contribution in [0.15, 0.2) is 28.7 Å². The van der Waals surface area contributed by atoms with Crippen molar-refractivity contribution in [1.82, 2.24) is 5.32 Å². The summed E-state index contributed by atoms with van der Waals surface area (Å²) in [5, 5.41) is 11.9. The minimum Gasteiger partial charge on any atom is -0.394 e. The summed E-state index contributed by atoms with van der Waals surface area (Å²) in [4.78, 5) is 11.8. The van der Waals surface area contributed by atoms with E-state index >= 15 is 0 Å². The molecule has 0 aromatic heterocycles. The summed E-state index contributed by atoms with van der Waals surface area (Å²) in [7, 11) is 0. The Hall–Kier alpha value is -0.870. The third kappa shape index (κ3) is 3.61. The molecule has 0 radical (unpaired) electrons. The van der Waals surface area contributed by atoms with Crippen molar-refractivity contribution in [2.45, 2.75) is 19.9 Å². The van der Waals surface area contributed by atoms with Gasteiger partial charge < -0.3 is 10.4 Å². The van der Waals surface area contributed by atoms with E-state index in [1.54, 1.807) is 12.1 Å². The molecule has 2 N–H and O–H groups in total. The van der Waals surface area contributed by atoms with E-state index in [-0.39, 0.29) is 24.5 Å². The van der Waals surface area contributed by atoms with Crippen LogP contribution in [0, 0.1) is 5.92 Å². The van der Waals surface area contributed by atoms with E-state index in [1.165, 1.54) is 0 Å². The van der Waals surface area contributed by atoms with Crippen LogP contribution in [0.3, 0.4) is 0 Å². The van der Waals surface area contributed by atoms with Crippen molar-refractivity contribution in [3.63, 3.8) is 0 Å². The zero-order chi connectivity index (χ0) is 12.1. The highest BCUT2D eigenvalue weighted by molar-refractivity contribution is 9.10. The molecule has 1 rings (SSSR count). The van der Waals surface area contributed by atoms with Crippen LogP contribution >= 0.6 is 15.9 Å². The second kappa shape index (κ2) is 6.01. The van der Waals surface area contributed by atoms with Crippen LogP contribution in [0.1, 0.15) is 24.2 Å². The predicted octanol–water partition coefficient (Wildman–Crippen LogP) is 2.20. The lowest BCUT2D eigenvalue weighted by atomic mass is 10.0. The Bertz CT molecular complexity index is 366. The fourth-order valence-electron chi connectivity index (χ4n) is 1.30. The van der Waals surface area contributed by atoms with Crippen LogP contribution in [-0.2, 0) is 0 Å². The van der Waals surface area contributed by atoms with Crippen molar-refractivity contribution in [3.8, 4) is 0 Å². The van der Waals surface area contributed by atoms with Gasteiger partial charge in [-0.25, -0.2) is 0 Å². The van der Waals surface area contributed by atoms with Crippen molar-refractivity contribution in [2.24, 2.45) is 5.92 Å². The molecule has 3 nitrogen and oxygen atoms in total. The Balaban J connectivity index is 2.72. The Labute approximate surface area is 104 Å². The zero-order valence-electron chi connectivity index (χ0n) is 9.40. The topological polar surface area (TPSA) is 49.3 Å². The molecule has 0 saturated carbocycles. The third-order valence-electron chi connectivity index (χ3n) is 2.40. The smallest absolute Gasteiger partial charge is 0.251 e. The predicted molar refractivity (Wildman–Crippen MR) is 67.3 cm³/mol. The first-order valence-corrected chi connectivity index (χ1v) is 6.01. The van der Waals surface area contributed by atoms with Crippen LogP contribution in [0.2, 0.25) is 0 Å². The second-order valence-corrected chi connectivity index (χ2v) is 4.93. The van der Waals surface area contributed by atoms with E-state index in [2.05, 4.69) is 21.2 Å². The van der Waals surface area contributed by atoms with Crippen molar-refractivity contribution in [1.29, 1.82) is 0 Å². The van der Waals surface area contributed by atoms with Gasteiger partial charge in [-0.3, -0.25) is 4.79 Å².